The van der Waals surface area contributed by atoms with E-state index >= 15 is 0 Å². The van der Waals surface area contributed by atoms with Gasteiger partial charge in [0.15, 0.2) is 0 Å². The van der Waals surface area contributed by atoms with Crippen molar-refractivity contribution in [2.24, 2.45) is 0 Å². The lowest BCUT2D eigenvalue weighted by atomic mass is 10.1. The molecule has 2 aliphatic heterocycles. The maximum atomic E-state index is 13.6. The van der Waals surface area contributed by atoms with Crippen LogP contribution >= 0.6 is 0 Å². The van der Waals surface area contributed by atoms with Crippen LogP contribution in [0.5, 0.6) is 11.5 Å². The summed E-state index contributed by atoms with van der Waals surface area (Å²) in [7, 11) is 1.65. The number of piperazine rings is 1. The Hall–Kier alpha value is -3.95. The van der Waals surface area contributed by atoms with Crippen LogP contribution in [0, 0.1) is 11.6 Å². The van der Waals surface area contributed by atoms with E-state index in [-0.39, 0.29) is 24.1 Å². The number of hydrogen-bond donors (Lipinski definition) is 1. The number of rotatable bonds is 12. The molecule has 1 aromatic heterocycles. The number of aromatic nitrogens is 1. The number of aryl methyl sites for hydroxylation is 1. The van der Waals surface area contributed by atoms with E-state index in [1.165, 1.54) is 37.1 Å². The van der Waals surface area contributed by atoms with Gasteiger partial charge in [-0.1, -0.05) is 24.3 Å². The summed E-state index contributed by atoms with van der Waals surface area (Å²) in [6.45, 7) is 5.51. The lowest BCUT2D eigenvalue weighted by Gasteiger charge is -2.41. The van der Waals surface area contributed by atoms with Gasteiger partial charge in [0.2, 0.25) is 0 Å². The van der Waals surface area contributed by atoms with Gasteiger partial charge in [0.1, 0.15) is 29.7 Å². The Labute approximate surface area is 251 Å². The van der Waals surface area contributed by atoms with E-state index in [2.05, 4.69) is 19.7 Å². The Bertz CT molecular complexity index is 1540. The van der Waals surface area contributed by atoms with Gasteiger partial charge in [-0.05, 0) is 67.3 Å². The summed E-state index contributed by atoms with van der Waals surface area (Å²) in [6, 6.07) is 19.3. The lowest BCUT2D eigenvalue weighted by molar-refractivity contribution is 0.0574. The van der Waals surface area contributed by atoms with Crippen molar-refractivity contribution in [1.29, 1.82) is 0 Å². The first-order valence-corrected chi connectivity index (χ1v) is 15.0. The molecule has 3 aromatic carbocycles. The number of likely N-dealkylation sites (tertiary alicyclic amines) is 1. The highest BCUT2D eigenvalue weighted by Crippen LogP contribution is 2.32. The molecule has 4 aromatic rings. The monoisotopic (exact) mass is 588 g/mol. The van der Waals surface area contributed by atoms with Crippen molar-refractivity contribution in [3.05, 3.63) is 95.7 Å². The Morgan fingerprint density at radius 1 is 0.930 bits per heavy atom. The number of carbonyl (C=O) groups is 1. The quantitative estimate of drug-likeness (QED) is 0.238. The molecular formula is C34H38F2N4O3. The molecule has 0 spiro atoms. The van der Waals surface area contributed by atoms with Crippen LogP contribution in [0.25, 0.3) is 10.9 Å². The molecule has 1 amide bonds. The Kier molecular flexibility index (Phi) is 8.90. The third-order valence-electron chi connectivity index (χ3n) is 8.68. The molecule has 0 radical (unpaired) electrons. The molecule has 2 saturated heterocycles. The van der Waals surface area contributed by atoms with Gasteiger partial charge in [0.25, 0.3) is 5.91 Å². The molecule has 2 aliphatic rings. The van der Waals surface area contributed by atoms with Gasteiger partial charge in [-0.25, -0.2) is 8.78 Å². The third kappa shape index (κ3) is 6.68. The fourth-order valence-electron chi connectivity index (χ4n) is 6.64. The first-order chi connectivity index (χ1) is 21.0. The molecule has 2 atom stereocenters. The van der Waals surface area contributed by atoms with Crippen molar-refractivity contribution in [2.75, 3.05) is 39.9 Å². The van der Waals surface area contributed by atoms with E-state index in [0.29, 0.717) is 35.6 Å². The molecule has 2 bridgehead atoms. The van der Waals surface area contributed by atoms with Crippen molar-refractivity contribution < 1.29 is 23.0 Å². The molecule has 7 nitrogen and oxygen atoms in total. The van der Waals surface area contributed by atoms with Gasteiger partial charge in [-0.3, -0.25) is 14.6 Å². The second kappa shape index (κ2) is 13.1. The zero-order chi connectivity index (χ0) is 29.8. The second-order valence-corrected chi connectivity index (χ2v) is 11.4. The van der Waals surface area contributed by atoms with Crippen molar-refractivity contribution in [1.82, 2.24) is 19.7 Å². The zero-order valence-electron chi connectivity index (χ0n) is 24.5. The molecule has 9 heteroatoms. The lowest BCUT2D eigenvalue weighted by Crippen LogP contribution is -2.54. The normalized spacial score (nSPS) is 18.7. The van der Waals surface area contributed by atoms with E-state index in [0.717, 1.165) is 55.8 Å². The molecule has 1 N–H and O–H groups in total. The fraction of sp³-hybridized carbons (Fsp3) is 0.382. The predicted molar refractivity (Wildman–Crippen MR) is 163 cm³/mol. The molecular weight excluding hydrogens is 550 g/mol. The van der Waals surface area contributed by atoms with Crippen LogP contribution in [0.3, 0.4) is 0 Å². The Balaban J connectivity index is 1.05. The summed E-state index contributed by atoms with van der Waals surface area (Å²) in [5.41, 5.74) is 2.21. The SMILES string of the molecule is COc1cccc2c(C(=O)NCc3cccc(F)c3)cn(CCCN3[C@@H]4CC[C@H]3CN(CCOc3ccc(F)cc3)C4)c12. The molecule has 0 unspecified atom stereocenters. The van der Waals surface area contributed by atoms with Crippen LogP contribution in [-0.4, -0.2) is 72.3 Å². The van der Waals surface area contributed by atoms with Gasteiger partial charge in [0.05, 0.1) is 18.2 Å². The van der Waals surface area contributed by atoms with Gasteiger partial charge >= 0.3 is 0 Å². The van der Waals surface area contributed by atoms with Crippen LogP contribution in [0.2, 0.25) is 0 Å². The average Bonchev–Trinajstić information content (AvgIpc) is 3.50. The number of benzene rings is 3. The first-order valence-electron chi connectivity index (χ1n) is 15.0. The van der Waals surface area contributed by atoms with E-state index in [1.807, 2.05) is 24.4 Å². The molecule has 0 saturated carbocycles. The van der Waals surface area contributed by atoms with Crippen LogP contribution in [0.4, 0.5) is 8.78 Å². The highest BCUT2D eigenvalue weighted by atomic mass is 19.1. The van der Waals surface area contributed by atoms with Gasteiger partial charge in [-0.2, -0.15) is 0 Å². The minimum atomic E-state index is -0.321. The van der Waals surface area contributed by atoms with Crippen molar-refractivity contribution >= 4 is 16.8 Å². The van der Waals surface area contributed by atoms with E-state index in [9.17, 15) is 13.6 Å². The molecule has 2 fully saturated rings. The zero-order valence-corrected chi connectivity index (χ0v) is 24.5. The standard InChI is InChI=1S/C34H38F2N4O3/c1-42-32-8-3-7-30-31(34(41)37-20-24-5-2-6-26(36)19-24)23-39(33(30)32)15-4-16-40-27-11-12-28(40)22-38(21-27)17-18-43-29-13-9-25(35)10-14-29/h2-3,5-10,13-14,19,23,27-28H,4,11-12,15-18,20-22H2,1H3,(H,37,41)/t27-,28+. The number of amides is 1. The van der Waals surface area contributed by atoms with Crippen LogP contribution < -0.4 is 14.8 Å². The maximum absolute atomic E-state index is 13.6. The minimum Gasteiger partial charge on any atom is -0.495 e. The molecule has 6 rings (SSSR count). The smallest absolute Gasteiger partial charge is 0.253 e. The largest absolute Gasteiger partial charge is 0.495 e. The number of nitrogens with zero attached hydrogens (tertiary/aromatic N) is 3. The van der Waals surface area contributed by atoms with Crippen molar-refractivity contribution in [2.45, 2.75) is 44.4 Å². The number of halogens is 2. The summed E-state index contributed by atoms with van der Waals surface area (Å²) in [5.74, 6) is 0.660. The van der Waals surface area contributed by atoms with Gasteiger partial charge in [-0.15, -0.1) is 0 Å². The van der Waals surface area contributed by atoms with Crippen LogP contribution in [0.1, 0.15) is 35.2 Å². The average molecular weight is 589 g/mol. The van der Waals surface area contributed by atoms with Crippen LogP contribution in [0.15, 0.2) is 72.9 Å². The Morgan fingerprint density at radius 3 is 2.44 bits per heavy atom. The maximum Gasteiger partial charge on any atom is 0.253 e. The van der Waals surface area contributed by atoms with E-state index < -0.39 is 0 Å². The summed E-state index contributed by atoms with van der Waals surface area (Å²) < 4.78 is 40.4. The molecule has 43 heavy (non-hydrogen) atoms. The van der Waals surface area contributed by atoms with E-state index in [4.69, 9.17) is 9.47 Å². The number of nitrogens with one attached hydrogen (secondary N) is 1. The summed E-state index contributed by atoms with van der Waals surface area (Å²) in [4.78, 5) is 18.4. The molecule has 0 aliphatic carbocycles. The van der Waals surface area contributed by atoms with Crippen LogP contribution in [-0.2, 0) is 13.1 Å². The number of para-hydroxylation sites is 1. The predicted octanol–water partition coefficient (Wildman–Crippen LogP) is 5.48. The summed E-state index contributed by atoms with van der Waals surface area (Å²) >= 11 is 0. The summed E-state index contributed by atoms with van der Waals surface area (Å²) in [6.07, 6.45) is 5.28. The fourth-order valence-corrected chi connectivity index (χ4v) is 6.64. The minimum absolute atomic E-state index is 0.196. The number of fused-ring (bicyclic) bond motifs is 3. The highest BCUT2D eigenvalue weighted by molar-refractivity contribution is 6.08. The number of carbonyl (C=O) groups excluding carboxylic acids is 1. The number of ether oxygens (including phenoxy) is 2. The van der Waals surface area contributed by atoms with E-state index in [1.54, 1.807) is 31.4 Å². The topological polar surface area (TPSA) is 59.0 Å². The molecule has 226 valence electrons. The van der Waals surface area contributed by atoms with Crippen molar-refractivity contribution in [3.63, 3.8) is 0 Å². The molecule has 3 heterocycles. The number of hydrogen-bond acceptors (Lipinski definition) is 5. The number of methoxy groups -OCH3 is 1. The second-order valence-electron chi connectivity index (χ2n) is 11.4. The van der Waals surface area contributed by atoms with Crippen molar-refractivity contribution in [3.8, 4) is 11.5 Å². The third-order valence-corrected chi connectivity index (χ3v) is 8.68. The highest BCUT2D eigenvalue weighted by Gasteiger charge is 2.39. The summed E-state index contributed by atoms with van der Waals surface area (Å²) in [5, 5.41) is 3.79. The Morgan fingerprint density at radius 2 is 1.70 bits per heavy atom. The first kappa shape index (κ1) is 29.1. The van der Waals surface area contributed by atoms with Gasteiger partial charge < -0.3 is 19.4 Å². The van der Waals surface area contributed by atoms with Gasteiger partial charge in [0, 0.05) is 62.9 Å².